The summed E-state index contributed by atoms with van der Waals surface area (Å²) in [7, 11) is -4.67. The van der Waals surface area contributed by atoms with E-state index in [9.17, 15) is 26.4 Å². The van der Waals surface area contributed by atoms with Gasteiger partial charge in [-0.2, -0.15) is 33.3 Å². The van der Waals surface area contributed by atoms with Crippen molar-refractivity contribution in [3.8, 4) is 21.1 Å². The number of benzene rings is 1. The average molecular weight is 597 g/mol. The van der Waals surface area contributed by atoms with Crippen LogP contribution in [0.25, 0.3) is 21.1 Å². The normalized spacial score (nSPS) is 17.7. The van der Waals surface area contributed by atoms with E-state index in [0.717, 1.165) is 36.7 Å². The third-order valence-electron chi connectivity index (χ3n) is 5.93. The third kappa shape index (κ3) is 5.62. The van der Waals surface area contributed by atoms with Gasteiger partial charge in [-0.25, -0.2) is 13.4 Å². The van der Waals surface area contributed by atoms with Crippen LogP contribution in [0, 0.1) is 0 Å². The van der Waals surface area contributed by atoms with E-state index in [1.807, 2.05) is 6.92 Å². The molecule has 0 spiro atoms. The van der Waals surface area contributed by atoms with Crippen molar-refractivity contribution >= 4 is 50.5 Å². The molecule has 16 heteroatoms. The van der Waals surface area contributed by atoms with Gasteiger partial charge in [0.1, 0.15) is 27.3 Å². The van der Waals surface area contributed by atoms with Crippen LogP contribution >= 0.6 is 34.5 Å². The standard InChI is InChI=1S/C21H21Cl2F3N6O3S2/c1-10-5-3-4-8-32(10)20(33)17-18(36-19(28-17)13-9-27-31-29-13)12-6-7-14(16(23)15(12)22)37(34,35)30-11(2)21(24,25)26/h6-7,9-11,30H,3-5,8H2,1-2H3,(H,27,29,31). The molecular weight excluding hydrogens is 576 g/mol. The number of amides is 1. The zero-order valence-electron chi connectivity index (χ0n) is 19.4. The number of hydrogen-bond acceptors (Lipinski definition) is 7. The second-order valence-electron chi connectivity index (χ2n) is 8.52. The third-order valence-corrected chi connectivity index (χ3v) is 9.62. The lowest BCUT2D eigenvalue weighted by Gasteiger charge is -2.33. The van der Waals surface area contributed by atoms with Gasteiger partial charge in [-0.15, -0.1) is 11.3 Å². The van der Waals surface area contributed by atoms with Crippen LogP contribution in [-0.2, 0) is 10.0 Å². The number of H-pyrrole nitrogens is 1. The summed E-state index contributed by atoms with van der Waals surface area (Å²) in [5.74, 6) is -0.335. The van der Waals surface area contributed by atoms with Gasteiger partial charge in [-0.3, -0.25) is 4.79 Å². The molecule has 1 aliphatic heterocycles. The first kappa shape index (κ1) is 27.8. The van der Waals surface area contributed by atoms with Crippen LogP contribution in [0.3, 0.4) is 0 Å². The van der Waals surface area contributed by atoms with E-state index < -0.39 is 32.2 Å². The second-order valence-corrected chi connectivity index (χ2v) is 12.0. The number of aromatic nitrogens is 4. The summed E-state index contributed by atoms with van der Waals surface area (Å²) in [6.07, 6.45) is -0.697. The summed E-state index contributed by atoms with van der Waals surface area (Å²) in [6, 6.07) is -0.0337. The number of thiazole rings is 1. The average Bonchev–Trinajstić information content (AvgIpc) is 3.50. The summed E-state index contributed by atoms with van der Waals surface area (Å²) < 4.78 is 65.7. The van der Waals surface area contributed by atoms with Gasteiger partial charge >= 0.3 is 6.18 Å². The molecule has 3 heterocycles. The van der Waals surface area contributed by atoms with Gasteiger partial charge in [-0.05, 0) is 39.2 Å². The van der Waals surface area contributed by atoms with E-state index in [1.54, 1.807) is 9.62 Å². The van der Waals surface area contributed by atoms with E-state index in [4.69, 9.17) is 23.2 Å². The SMILES string of the molecule is CC1CCCCN1C(=O)c1nc(-c2cn[nH]n2)sc1-c1ccc(S(=O)(=O)NC(C)C(F)(F)F)c(Cl)c1Cl. The highest BCUT2D eigenvalue weighted by Crippen LogP contribution is 2.43. The molecule has 2 N–H and O–H groups in total. The predicted octanol–water partition coefficient (Wildman–Crippen LogP) is 5.15. The van der Waals surface area contributed by atoms with Gasteiger partial charge in [0.2, 0.25) is 10.0 Å². The van der Waals surface area contributed by atoms with Gasteiger partial charge in [0.05, 0.1) is 21.1 Å². The van der Waals surface area contributed by atoms with Crippen LogP contribution < -0.4 is 4.72 Å². The van der Waals surface area contributed by atoms with Gasteiger partial charge in [0, 0.05) is 18.2 Å². The molecule has 9 nitrogen and oxygen atoms in total. The molecule has 1 aliphatic rings. The number of piperidine rings is 1. The van der Waals surface area contributed by atoms with Gasteiger partial charge in [0.15, 0.2) is 0 Å². The summed E-state index contributed by atoms with van der Waals surface area (Å²) in [6.45, 7) is 3.16. The molecule has 200 valence electrons. The minimum absolute atomic E-state index is 0.0143. The smallest absolute Gasteiger partial charge is 0.335 e. The van der Waals surface area contributed by atoms with E-state index in [-0.39, 0.29) is 28.2 Å². The second kappa shape index (κ2) is 10.5. The number of nitrogens with zero attached hydrogens (tertiary/aromatic N) is 4. The quantitative estimate of drug-likeness (QED) is 0.406. The number of likely N-dealkylation sites (tertiary alicyclic amines) is 1. The van der Waals surface area contributed by atoms with Crippen LogP contribution in [0.1, 0.15) is 43.6 Å². The van der Waals surface area contributed by atoms with Gasteiger partial charge < -0.3 is 4.90 Å². The number of rotatable bonds is 6. The minimum Gasteiger partial charge on any atom is -0.335 e. The summed E-state index contributed by atoms with van der Waals surface area (Å²) in [5, 5.41) is 9.87. The van der Waals surface area contributed by atoms with E-state index in [0.29, 0.717) is 29.0 Å². The zero-order valence-corrected chi connectivity index (χ0v) is 22.6. The van der Waals surface area contributed by atoms with Crippen molar-refractivity contribution in [3.63, 3.8) is 0 Å². The van der Waals surface area contributed by atoms with Crippen molar-refractivity contribution in [2.75, 3.05) is 6.54 Å². The molecule has 1 fully saturated rings. The number of nitrogens with one attached hydrogen (secondary N) is 2. The Kier molecular flexibility index (Phi) is 7.87. The fourth-order valence-corrected chi connectivity index (χ4v) is 7.07. The first-order chi connectivity index (χ1) is 17.3. The van der Waals surface area contributed by atoms with Gasteiger partial charge in [-0.1, -0.05) is 29.3 Å². The summed E-state index contributed by atoms with van der Waals surface area (Å²) in [4.78, 5) is 19.5. The molecule has 1 amide bonds. The number of alkyl halides is 3. The fourth-order valence-electron chi connectivity index (χ4n) is 3.88. The number of halogens is 5. The lowest BCUT2D eigenvalue weighted by Crippen LogP contribution is -2.43. The Morgan fingerprint density at radius 3 is 2.62 bits per heavy atom. The van der Waals surface area contributed by atoms with Crippen molar-refractivity contribution in [2.24, 2.45) is 0 Å². The van der Waals surface area contributed by atoms with Crippen LogP contribution in [0.2, 0.25) is 10.0 Å². The monoisotopic (exact) mass is 596 g/mol. The molecule has 0 saturated carbocycles. The Morgan fingerprint density at radius 2 is 2.00 bits per heavy atom. The number of carbonyl (C=O) groups excluding carboxylic acids is 1. The van der Waals surface area contributed by atoms with Crippen LogP contribution in [-0.4, -0.2) is 64.4 Å². The van der Waals surface area contributed by atoms with Crippen molar-refractivity contribution in [2.45, 2.75) is 56.3 Å². The van der Waals surface area contributed by atoms with Crippen molar-refractivity contribution in [1.82, 2.24) is 30.0 Å². The predicted molar refractivity (Wildman–Crippen MR) is 133 cm³/mol. The number of aromatic amines is 1. The fraction of sp³-hybridized carbons (Fsp3) is 0.429. The molecule has 2 aromatic heterocycles. The molecule has 0 radical (unpaired) electrons. The molecular formula is C21H21Cl2F3N6O3S2. The highest BCUT2D eigenvalue weighted by Gasteiger charge is 2.39. The molecule has 2 atom stereocenters. The Morgan fingerprint density at radius 1 is 1.27 bits per heavy atom. The van der Waals surface area contributed by atoms with Crippen molar-refractivity contribution in [1.29, 1.82) is 0 Å². The molecule has 0 aliphatic carbocycles. The minimum atomic E-state index is -4.80. The molecule has 4 rings (SSSR count). The Labute approximate surface area is 224 Å². The first-order valence-electron chi connectivity index (χ1n) is 11.1. The molecule has 1 aromatic carbocycles. The summed E-state index contributed by atoms with van der Waals surface area (Å²) >= 11 is 13.8. The van der Waals surface area contributed by atoms with Crippen molar-refractivity contribution < 1.29 is 26.4 Å². The number of hydrogen-bond donors (Lipinski definition) is 2. The van der Waals surface area contributed by atoms with Crippen LogP contribution in [0.15, 0.2) is 23.2 Å². The van der Waals surface area contributed by atoms with Crippen LogP contribution in [0.4, 0.5) is 13.2 Å². The molecule has 37 heavy (non-hydrogen) atoms. The van der Waals surface area contributed by atoms with Crippen molar-refractivity contribution in [3.05, 3.63) is 34.1 Å². The maximum absolute atomic E-state index is 13.6. The van der Waals surface area contributed by atoms with E-state index in [1.165, 1.54) is 12.3 Å². The molecule has 3 aromatic rings. The lowest BCUT2D eigenvalue weighted by molar-refractivity contribution is -0.147. The maximum atomic E-state index is 13.6. The van der Waals surface area contributed by atoms with Gasteiger partial charge in [0.25, 0.3) is 5.91 Å². The number of sulfonamides is 1. The number of carbonyl (C=O) groups is 1. The van der Waals surface area contributed by atoms with E-state index in [2.05, 4.69) is 20.4 Å². The molecule has 2 unspecified atom stereocenters. The summed E-state index contributed by atoms with van der Waals surface area (Å²) in [5.41, 5.74) is 0.660. The Bertz CT molecular complexity index is 1410. The zero-order chi connectivity index (χ0) is 27.1. The maximum Gasteiger partial charge on any atom is 0.404 e. The largest absolute Gasteiger partial charge is 0.404 e. The van der Waals surface area contributed by atoms with E-state index >= 15 is 0 Å². The Balaban J connectivity index is 1.79. The Hall–Kier alpha value is -2.26. The highest BCUT2D eigenvalue weighted by molar-refractivity contribution is 7.89. The molecule has 1 saturated heterocycles. The highest BCUT2D eigenvalue weighted by atomic mass is 35.5. The first-order valence-corrected chi connectivity index (χ1v) is 14.1. The lowest BCUT2D eigenvalue weighted by atomic mass is 10.0. The molecule has 0 bridgehead atoms. The van der Waals surface area contributed by atoms with Crippen LogP contribution in [0.5, 0.6) is 0 Å². The topological polar surface area (TPSA) is 121 Å².